The highest BCUT2D eigenvalue weighted by Gasteiger charge is 2.57. The number of amides is 1. The molecule has 1 amide bonds. The molecule has 4 atom stereocenters. The third-order valence-electron chi connectivity index (χ3n) is 14.2. The van der Waals surface area contributed by atoms with Crippen molar-refractivity contribution in [3.8, 4) is 24.4 Å². The van der Waals surface area contributed by atoms with E-state index in [0.717, 1.165) is 72.7 Å². The smallest absolute Gasteiger partial charge is 0.318 e. The molecule has 2 unspecified atom stereocenters. The third kappa shape index (κ3) is 8.07. The summed E-state index contributed by atoms with van der Waals surface area (Å²) in [6, 6.07) is 47.0. The number of carbonyl (C=O) groups is 1. The molecule has 65 heavy (non-hydrogen) atoms. The molecule has 4 aliphatic heterocycles. The van der Waals surface area contributed by atoms with Gasteiger partial charge in [0.1, 0.15) is 18.5 Å². The van der Waals surface area contributed by atoms with Crippen LogP contribution in [0.5, 0.6) is 6.01 Å². The zero-order valence-electron chi connectivity index (χ0n) is 37.2. The van der Waals surface area contributed by atoms with Crippen LogP contribution in [0.1, 0.15) is 59.2 Å². The summed E-state index contributed by atoms with van der Waals surface area (Å²) in [5.74, 6) is 3.72. The molecule has 0 bridgehead atoms. The van der Waals surface area contributed by atoms with Crippen molar-refractivity contribution in [3.05, 3.63) is 161 Å². The molecular weight excluding hydrogens is 805 g/mol. The summed E-state index contributed by atoms with van der Waals surface area (Å²) in [6.45, 7) is 8.13. The summed E-state index contributed by atoms with van der Waals surface area (Å²) in [7, 11) is 0. The third-order valence-corrected chi connectivity index (χ3v) is 14.2. The lowest BCUT2D eigenvalue weighted by Gasteiger charge is -2.43. The minimum atomic E-state index is -0.678. The average molecular weight is 861 g/mol. The van der Waals surface area contributed by atoms with Crippen LogP contribution in [0.15, 0.2) is 127 Å². The van der Waals surface area contributed by atoms with Crippen LogP contribution < -0.4 is 14.5 Å². The van der Waals surface area contributed by atoms with E-state index in [1.807, 2.05) is 23.1 Å². The van der Waals surface area contributed by atoms with Crippen LogP contribution in [-0.2, 0) is 23.3 Å². The second-order valence-corrected chi connectivity index (χ2v) is 17.9. The average Bonchev–Trinajstić information content (AvgIpc) is 4.02. The topological polar surface area (TPSA) is 91.8 Å². The number of hydrogen-bond donors (Lipinski definition) is 0. The van der Waals surface area contributed by atoms with Gasteiger partial charge in [-0.05, 0) is 66.4 Å². The summed E-state index contributed by atoms with van der Waals surface area (Å²) in [5, 5.41) is 12.8. The predicted molar refractivity (Wildman–Crippen MR) is 257 cm³/mol. The maximum Gasteiger partial charge on any atom is 0.318 e. The van der Waals surface area contributed by atoms with E-state index in [1.165, 1.54) is 22.0 Å². The molecule has 328 valence electrons. The van der Waals surface area contributed by atoms with Gasteiger partial charge in [-0.2, -0.15) is 15.2 Å². The highest BCUT2D eigenvalue weighted by molar-refractivity contribution is 5.97. The number of piperazine rings is 1. The highest BCUT2D eigenvalue weighted by Crippen LogP contribution is 2.49. The van der Waals surface area contributed by atoms with Crippen LogP contribution in [0, 0.1) is 30.6 Å². The summed E-state index contributed by atoms with van der Waals surface area (Å²) < 4.78 is 6.57. The number of carbonyl (C=O) groups excluding carboxylic acids is 1. The normalized spacial score (nSPS) is 20.8. The Labute approximate surface area is 383 Å². The number of rotatable bonds is 13. The fourth-order valence-electron chi connectivity index (χ4n) is 11.0. The largest absolute Gasteiger partial charge is 0.462 e. The molecule has 10 heteroatoms. The zero-order valence-corrected chi connectivity index (χ0v) is 37.2. The van der Waals surface area contributed by atoms with Gasteiger partial charge in [-0.3, -0.25) is 14.6 Å². The first-order chi connectivity index (χ1) is 32.0. The molecule has 0 spiro atoms. The van der Waals surface area contributed by atoms with Crippen molar-refractivity contribution in [1.29, 1.82) is 5.26 Å². The van der Waals surface area contributed by atoms with E-state index in [4.69, 9.17) is 21.1 Å². The molecule has 4 aliphatic rings. The Kier molecular flexibility index (Phi) is 12.0. The number of nitrogens with zero attached hydrogens (tertiary/aromatic N) is 8. The SMILES string of the molecule is C#CCCN1CCC[C@H]1COc1nc2c(c(N3CCN(C(=O)C4CN4C(c4ccccc4)(c4ccccc4)c4ccccc4)[C@@H](CC#N)C3)n1)CCN(c1cccc3cccc(C)c13)C2. The summed E-state index contributed by atoms with van der Waals surface area (Å²) >= 11 is 0. The summed E-state index contributed by atoms with van der Waals surface area (Å²) in [4.78, 5) is 36.9. The molecule has 10 nitrogen and oxygen atoms in total. The molecule has 3 saturated heterocycles. The van der Waals surface area contributed by atoms with E-state index in [2.05, 4.69) is 148 Å². The minimum absolute atomic E-state index is 0.0674. The standard InChI is InChI=1S/C55H56N8O2/c1-3-4-31-59-32-16-26-46(59)39-65-54-57-48-37-60(49-27-15-19-41-18-14-17-40(2)51(41)49)33-29-47(48)52(58-54)61-34-35-62(45(36-61)28-30-56)53(64)50-38-63(50)55(42-20-8-5-9-21-42,43-22-10-6-11-23-43)44-24-12-7-13-25-44/h1,5-15,17-25,27,45-46,50H,4,16,26,28-29,31-39H2,2H3/t45-,46-,50?,63?/m0/s1. The number of hydrogen-bond acceptors (Lipinski definition) is 9. The monoisotopic (exact) mass is 860 g/mol. The number of aromatic nitrogens is 2. The van der Waals surface area contributed by atoms with E-state index in [9.17, 15) is 5.26 Å². The van der Waals surface area contributed by atoms with Crippen LogP contribution in [-0.4, -0.2) is 101 Å². The fourth-order valence-corrected chi connectivity index (χ4v) is 11.0. The molecule has 0 radical (unpaired) electrons. The second kappa shape index (κ2) is 18.4. The summed E-state index contributed by atoms with van der Waals surface area (Å²) in [5.41, 5.74) is 7.18. The Morgan fingerprint density at radius 1 is 0.800 bits per heavy atom. The van der Waals surface area contributed by atoms with Crippen molar-refractivity contribution in [3.63, 3.8) is 0 Å². The highest BCUT2D eigenvalue weighted by atomic mass is 16.5. The molecule has 10 rings (SSSR count). The number of aryl methyl sites for hydroxylation is 1. The van der Waals surface area contributed by atoms with Gasteiger partial charge in [-0.1, -0.05) is 121 Å². The molecule has 0 aliphatic carbocycles. The van der Waals surface area contributed by atoms with Crippen LogP contribution in [0.2, 0.25) is 0 Å². The van der Waals surface area contributed by atoms with Crippen molar-refractivity contribution in [1.82, 2.24) is 24.7 Å². The second-order valence-electron chi connectivity index (χ2n) is 17.9. The lowest BCUT2D eigenvalue weighted by molar-refractivity contribution is -0.134. The van der Waals surface area contributed by atoms with E-state index < -0.39 is 5.54 Å². The van der Waals surface area contributed by atoms with Crippen molar-refractivity contribution < 1.29 is 9.53 Å². The van der Waals surface area contributed by atoms with Gasteiger partial charge in [0.2, 0.25) is 5.91 Å². The van der Waals surface area contributed by atoms with E-state index in [0.29, 0.717) is 51.8 Å². The van der Waals surface area contributed by atoms with Crippen LogP contribution >= 0.6 is 0 Å². The van der Waals surface area contributed by atoms with E-state index in [-0.39, 0.29) is 30.5 Å². The molecule has 5 aromatic carbocycles. The number of terminal acetylenes is 1. The number of ether oxygens (including phenoxy) is 1. The van der Waals surface area contributed by atoms with Gasteiger partial charge in [0.05, 0.1) is 36.3 Å². The Balaban J connectivity index is 0.948. The van der Waals surface area contributed by atoms with Crippen LogP contribution in [0.4, 0.5) is 11.5 Å². The number of anilines is 2. The molecule has 5 heterocycles. The van der Waals surface area contributed by atoms with Gasteiger partial charge in [-0.25, -0.2) is 0 Å². The van der Waals surface area contributed by atoms with E-state index >= 15 is 4.79 Å². The zero-order chi connectivity index (χ0) is 44.3. The summed E-state index contributed by atoms with van der Waals surface area (Å²) in [6.07, 6.45) is 9.49. The fraction of sp³-hybridized carbons (Fsp3) is 0.345. The molecule has 0 saturated carbocycles. The van der Waals surface area contributed by atoms with Crippen molar-refractivity contribution in [2.24, 2.45) is 0 Å². The van der Waals surface area contributed by atoms with Crippen LogP contribution in [0.25, 0.3) is 10.8 Å². The van der Waals surface area contributed by atoms with Gasteiger partial charge in [0, 0.05) is 68.4 Å². The minimum Gasteiger partial charge on any atom is -0.462 e. The maximum absolute atomic E-state index is 15.0. The molecule has 3 fully saturated rings. The number of likely N-dealkylation sites (tertiary alicyclic amines) is 1. The van der Waals surface area contributed by atoms with Gasteiger partial charge in [0.25, 0.3) is 0 Å². The van der Waals surface area contributed by atoms with Gasteiger partial charge in [0.15, 0.2) is 0 Å². The lowest BCUT2D eigenvalue weighted by Crippen LogP contribution is -2.57. The maximum atomic E-state index is 15.0. The quantitative estimate of drug-likeness (QED) is 0.0652. The Morgan fingerprint density at radius 3 is 2.17 bits per heavy atom. The molecule has 6 aromatic rings. The van der Waals surface area contributed by atoms with Crippen molar-refractivity contribution in [2.75, 3.05) is 62.2 Å². The Hall–Kier alpha value is -6.72. The van der Waals surface area contributed by atoms with E-state index in [1.54, 1.807) is 0 Å². The number of benzene rings is 5. The van der Waals surface area contributed by atoms with Gasteiger partial charge < -0.3 is 19.4 Å². The first-order valence-electron chi connectivity index (χ1n) is 23.3. The van der Waals surface area contributed by atoms with Gasteiger partial charge in [-0.15, -0.1) is 12.3 Å². The number of nitriles is 1. The predicted octanol–water partition coefficient (Wildman–Crippen LogP) is 7.97. The Bertz CT molecular complexity index is 2630. The van der Waals surface area contributed by atoms with Crippen LogP contribution in [0.3, 0.4) is 0 Å². The Morgan fingerprint density at radius 2 is 1.49 bits per heavy atom. The van der Waals surface area contributed by atoms with Crippen molar-refractivity contribution in [2.45, 2.75) is 69.2 Å². The molecule has 0 N–H and O–H groups in total. The van der Waals surface area contributed by atoms with Crippen molar-refractivity contribution >= 4 is 28.2 Å². The first kappa shape index (κ1) is 42.2. The lowest BCUT2D eigenvalue weighted by atomic mass is 9.76. The van der Waals surface area contributed by atoms with Gasteiger partial charge >= 0.3 is 6.01 Å². The first-order valence-corrected chi connectivity index (χ1v) is 23.3. The molecule has 1 aromatic heterocycles. The molecular formula is C55H56N8O2. The number of fused-ring (bicyclic) bond motifs is 2.